The average Bonchev–Trinajstić information content (AvgIpc) is 3.17. The lowest BCUT2D eigenvalue weighted by Gasteiger charge is -2.36. The molecule has 5 heteroatoms. The minimum atomic E-state index is 0.408. The van der Waals surface area contributed by atoms with Gasteiger partial charge in [0.1, 0.15) is 11.3 Å². The Labute approximate surface area is 138 Å². The van der Waals surface area contributed by atoms with Crippen molar-refractivity contribution in [1.82, 2.24) is 24.3 Å². The Bertz CT molecular complexity index is 679. The zero-order chi connectivity index (χ0) is 15.8. The molecule has 2 aromatic heterocycles. The largest absolute Gasteiger partial charge is 0.295 e. The lowest BCUT2D eigenvalue weighted by molar-refractivity contribution is 0.137. The zero-order valence-corrected chi connectivity index (χ0v) is 14.3. The van der Waals surface area contributed by atoms with Crippen molar-refractivity contribution in [1.29, 1.82) is 0 Å². The summed E-state index contributed by atoms with van der Waals surface area (Å²) in [6.07, 6.45) is 8.60. The van der Waals surface area contributed by atoms with Crippen molar-refractivity contribution in [2.24, 2.45) is 0 Å². The summed E-state index contributed by atoms with van der Waals surface area (Å²) in [4.78, 5) is 14.8. The topological polar surface area (TPSA) is 37.2 Å². The molecule has 0 saturated carbocycles. The van der Waals surface area contributed by atoms with Gasteiger partial charge in [-0.25, -0.2) is 9.97 Å². The summed E-state index contributed by atoms with van der Waals surface area (Å²) in [7, 11) is 2.23. The van der Waals surface area contributed by atoms with Gasteiger partial charge < -0.3 is 0 Å². The van der Waals surface area contributed by atoms with Crippen LogP contribution in [0.15, 0.2) is 18.3 Å². The molecule has 2 saturated heterocycles. The summed E-state index contributed by atoms with van der Waals surface area (Å²) in [6, 6.07) is 4.55. The van der Waals surface area contributed by atoms with Crippen LogP contribution in [-0.4, -0.2) is 51.0 Å². The first kappa shape index (κ1) is 15.1. The SMILES string of the molecule is CCN1CCCCC1c1nc2cccnc2n1C1CCCN1C. The first-order chi connectivity index (χ1) is 11.3. The van der Waals surface area contributed by atoms with Gasteiger partial charge in [-0.3, -0.25) is 14.4 Å². The van der Waals surface area contributed by atoms with E-state index in [4.69, 9.17) is 4.98 Å². The summed E-state index contributed by atoms with van der Waals surface area (Å²) in [5, 5.41) is 0. The van der Waals surface area contributed by atoms with Crippen molar-refractivity contribution in [3.63, 3.8) is 0 Å². The van der Waals surface area contributed by atoms with Crippen molar-refractivity contribution in [3.05, 3.63) is 24.2 Å². The molecule has 0 aromatic carbocycles. The third-order valence-electron chi connectivity index (χ3n) is 5.57. The maximum Gasteiger partial charge on any atom is 0.161 e. The molecule has 2 fully saturated rings. The molecule has 0 N–H and O–H groups in total. The fraction of sp³-hybridized carbons (Fsp3) is 0.667. The van der Waals surface area contributed by atoms with Gasteiger partial charge in [-0.15, -0.1) is 0 Å². The van der Waals surface area contributed by atoms with E-state index < -0.39 is 0 Å². The lowest BCUT2D eigenvalue weighted by Crippen LogP contribution is -2.36. The Morgan fingerprint density at radius 3 is 2.87 bits per heavy atom. The molecule has 2 unspecified atom stereocenters. The minimum absolute atomic E-state index is 0.408. The molecule has 0 spiro atoms. The van der Waals surface area contributed by atoms with Gasteiger partial charge in [-0.1, -0.05) is 13.3 Å². The standard InChI is InChI=1S/C18H27N5/c1-3-22-13-5-4-9-15(22)18-20-14-8-6-11-19-17(14)23(18)16-10-7-12-21(16)2/h6,8,11,15-16H,3-5,7,9-10,12-13H2,1-2H3. The molecule has 0 aliphatic carbocycles. The quantitative estimate of drug-likeness (QED) is 0.872. The summed E-state index contributed by atoms with van der Waals surface area (Å²) >= 11 is 0. The molecule has 0 radical (unpaired) electrons. The third-order valence-corrected chi connectivity index (χ3v) is 5.57. The number of rotatable bonds is 3. The lowest BCUT2D eigenvalue weighted by atomic mass is 10.0. The highest BCUT2D eigenvalue weighted by molar-refractivity contribution is 5.71. The molecule has 4 heterocycles. The highest BCUT2D eigenvalue weighted by Crippen LogP contribution is 2.36. The Morgan fingerprint density at radius 2 is 2.09 bits per heavy atom. The molecule has 0 bridgehead atoms. The van der Waals surface area contributed by atoms with Crippen LogP contribution in [0.1, 0.15) is 57.1 Å². The van der Waals surface area contributed by atoms with Gasteiger partial charge >= 0.3 is 0 Å². The first-order valence-electron chi connectivity index (χ1n) is 9.06. The van der Waals surface area contributed by atoms with E-state index in [9.17, 15) is 0 Å². The highest BCUT2D eigenvalue weighted by Gasteiger charge is 2.33. The number of aromatic nitrogens is 3. The van der Waals surface area contributed by atoms with E-state index in [2.05, 4.69) is 39.4 Å². The summed E-state index contributed by atoms with van der Waals surface area (Å²) in [5.74, 6) is 1.24. The average molecular weight is 313 g/mol. The van der Waals surface area contributed by atoms with Gasteiger partial charge in [0.2, 0.25) is 0 Å². The van der Waals surface area contributed by atoms with Gasteiger partial charge in [0.15, 0.2) is 5.65 Å². The van der Waals surface area contributed by atoms with Crippen LogP contribution in [0.3, 0.4) is 0 Å². The van der Waals surface area contributed by atoms with Crippen LogP contribution in [0.25, 0.3) is 11.2 Å². The number of pyridine rings is 1. The molecule has 23 heavy (non-hydrogen) atoms. The second-order valence-electron chi connectivity index (χ2n) is 6.93. The van der Waals surface area contributed by atoms with Gasteiger partial charge in [0.25, 0.3) is 0 Å². The molecular weight excluding hydrogens is 286 g/mol. The first-order valence-corrected chi connectivity index (χ1v) is 9.06. The number of hydrogen-bond donors (Lipinski definition) is 0. The van der Waals surface area contributed by atoms with E-state index in [1.54, 1.807) is 0 Å². The molecule has 0 amide bonds. The van der Waals surface area contributed by atoms with Gasteiger partial charge in [-0.2, -0.15) is 0 Å². The maximum atomic E-state index is 5.05. The maximum absolute atomic E-state index is 5.05. The van der Waals surface area contributed by atoms with E-state index >= 15 is 0 Å². The Morgan fingerprint density at radius 1 is 1.17 bits per heavy atom. The van der Waals surface area contributed by atoms with E-state index in [1.165, 1.54) is 51.0 Å². The minimum Gasteiger partial charge on any atom is -0.295 e. The number of fused-ring (bicyclic) bond motifs is 1. The summed E-state index contributed by atoms with van der Waals surface area (Å²) in [5.41, 5.74) is 2.10. The smallest absolute Gasteiger partial charge is 0.161 e. The number of imidazole rings is 1. The van der Waals surface area contributed by atoms with Gasteiger partial charge in [-0.05, 0) is 64.5 Å². The number of hydrogen-bond acceptors (Lipinski definition) is 4. The molecule has 2 atom stereocenters. The number of nitrogens with zero attached hydrogens (tertiary/aromatic N) is 5. The molecule has 2 aliphatic heterocycles. The van der Waals surface area contributed by atoms with E-state index in [-0.39, 0.29) is 0 Å². The van der Waals surface area contributed by atoms with Gasteiger partial charge in [0.05, 0.1) is 12.2 Å². The van der Waals surface area contributed by atoms with Crippen molar-refractivity contribution in [2.75, 3.05) is 26.7 Å². The van der Waals surface area contributed by atoms with E-state index in [1.807, 2.05) is 12.3 Å². The Hall–Kier alpha value is -1.46. The molecule has 124 valence electrons. The zero-order valence-electron chi connectivity index (χ0n) is 14.3. The van der Waals surface area contributed by atoms with Crippen molar-refractivity contribution < 1.29 is 0 Å². The van der Waals surface area contributed by atoms with Crippen LogP contribution in [0.2, 0.25) is 0 Å². The fourth-order valence-electron chi connectivity index (χ4n) is 4.36. The van der Waals surface area contributed by atoms with Crippen molar-refractivity contribution in [3.8, 4) is 0 Å². The van der Waals surface area contributed by atoms with Crippen LogP contribution in [0, 0.1) is 0 Å². The Kier molecular flexibility index (Phi) is 4.07. The molecule has 2 aromatic rings. The second-order valence-corrected chi connectivity index (χ2v) is 6.93. The van der Waals surface area contributed by atoms with Crippen LogP contribution in [0.5, 0.6) is 0 Å². The predicted molar refractivity (Wildman–Crippen MR) is 92.3 cm³/mol. The predicted octanol–water partition coefficient (Wildman–Crippen LogP) is 3.20. The molecule has 2 aliphatic rings. The fourth-order valence-corrected chi connectivity index (χ4v) is 4.36. The molecule has 5 nitrogen and oxygen atoms in total. The normalized spacial score (nSPS) is 27.0. The Balaban J connectivity index is 1.84. The molecule has 4 rings (SSSR count). The third kappa shape index (κ3) is 2.56. The summed E-state index contributed by atoms with van der Waals surface area (Å²) < 4.78 is 2.45. The monoisotopic (exact) mass is 313 g/mol. The van der Waals surface area contributed by atoms with E-state index in [0.29, 0.717) is 12.2 Å². The highest BCUT2D eigenvalue weighted by atomic mass is 15.3. The van der Waals surface area contributed by atoms with Crippen LogP contribution >= 0.6 is 0 Å². The van der Waals surface area contributed by atoms with Crippen molar-refractivity contribution in [2.45, 2.75) is 51.2 Å². The van der Waals surface area contributed by atoms with Gasteiger partial charge in [0, 0.05) is 6.20 Å². The van der Waals surface area contributed by atoms with Crippen molar-refractivity contribution >= 4 is 11.2 Å². The van der Waals surface area contributed by atoms with Crippen LogP contribution < -0.4 is 0 Å². The van der Waals surface area contributed by atoms with Crippen LogP contribution in [-0.2, 0) is 0 Å². The van der Waals surface area contributed by atoms with Crippen LogP contribution in [0.4, 0.5) is 0 Å². The second kappa shape index (κ2) is 6.21. The number of piperidine rings is 1. The number of likely N-dealkylation sites (tertiary alicyclic amines) is 2. The summed E-state index contributed by atoms with van der Waals surface area (Å²) in [6.45, 7) is 5.73. The molecular formula is C18H27N5. The van der Waals surface area contributed by atoms with E-state index in [0.717, 1.165) is 17.7 Å².